The van der Waals surface area contributed by atoms with Crippen LogP contribution in [0.15, 0.2) is 36.4 Å². The minimum absolute atomic E-state index is 0.263. The summed E-state index contributed by atoms with van der Waals surface area (Å²) >= 11 is 0. The molecule has 0 spiro atoms. The predicted molar refractivity (Wildman–Crippen MR) is 90.7 cm³/mol. The highest BCUT2D eigenvalue weighted by Crippen LogP contribution is 2.29. The first-order valence-corrected chi connectivity index (χ1v) is 8.07. The molecule has 3 rings (SSSR count). The van der Waals surface area contributed by atoms with Crippen LogP contribution < -0.4 is 4.74 Å². The van der Waals surface area contributed by atoms with Crippen molar-refractivity contribution in [2.45, 2.75) is 19.9 Å². The van der Waals surface area contributed by atoms with Crippen molar-refractivity contribution in [3.63, 3.8) is 0 Å². The Morgan fingerprint density at radius 1 is 1.30 bits per heavy atom. The largest absolute Gasteiger partial charge is 0.496 e. The van der Waals surface area contributed by atoms with Gasteiger partial charge >= 0.3 is 5.97 Å². The van der Waals surface area contributed by atoms with Crippen LogP contribution in [0.4, 0.5) is 0 Å². The van der Waals surface area contributed by atoms with E-state index in [0.29, 0.717) is 12.5 Å². The van der Waals surface area contributed by atoms with Crippen molar-refractivity contribution in [1.82, 2.24) is 4.90 Å². The molecule has 2 aromatic carbocycles. The maximum absolute atomic E-state index is 11.3. The Labute approximate surface area is 136 Å². The van der Waals surface area contributed by atoms with Crippen molar-refractivity contribution in [3.8, 4) is 5.75 Å². The Morgan fingerprint density at radius 3 is 2.83 bits per heavy atom. The first-order valence-electron chi connectivity index (χ1n) is 8.07. The molecule has 2 unspecified atom stereocenters. The number of piperidine rings is 1. The summed E-state index contributed by atoms with van der Waals surface area (Å²) in [6, 6.07) is 12.4. The maximum Gasteiger partial charge on any atom is 0.307 e. The van der Waals surface area contributed by atoms with Gasteiger partial charge in [-0.25, -0.2) is 0 Å². The first kappa shape index (κ1) is 15.8. The van der Waals surface area contributed by atoms with Gasteiger partial charge in [-0.05, 0) is 35.4 Å². The maximum atomic E-state index is 11.3. The quantitative estimate of drug-likeness (QED) is 0.940. The van der Waals surface area contributed by atoms with E-state index in [-0.39, 0.29) is 5.92 Å². The van der Waals surface area contributed by atoms with Gasteiger partial charge < -0.3 is 9.84 Å². The third-order valence-electron chi connectivity index (χ3n) is 4.59. The number of nitrogens with zero attached hydrogens (tertiary/aromatic N) is 1. The number of aliphatic carboxylic acids is 1. The number of ether oxygens (including phenoxy) is 1. The summed E-state index contributed by atoms with van der Waals surface area (Å²) < 4.78 is 5.53. The first-order chi connectivity index (χ1) is 11.1. The number of benzene rings is 2. The molecule has 2 aromatic rings. The van der Waals surface area contributed by atoms with Gasteiger partial charge in [-0.15, -0.1) is 0 Å². The zero-order chi connectivity index (χ0) is 16.4. The highest BCUT2D eigenvalue weighted by molar-refractivity contribution is 5.89. The fourth-order valence-corrected chi connectivity index (χ4v) is 3.62. The number of carbonyl (C=O) groups is 1. The van der Waals surface area contributed by atoms with E-state index < -0.39 is 5.97 Å². The van der Waals surface area contributed by atoms with Crippen molar-refractivity contribution < 1.29 is 14.6 Å². The van der Waals surface area contributed by atoms with E-state index in [1.807, 2.05) is 12.1 Å². The topological polar surface area (TPSA) is 49.8 Å². The van der Waals surface area contributed by atoms with Gasteiger partial charge in [0.25, 0.3) is 0 Å². The van der Waals surface area contributed by atoms with Gasteiger partial charge in [0, 0.05) is 25.0 Å². The lowest BCUT2D eigenvalue weighted by Crippen LogP contribution is -2.41. The van der Waals surface area contributed by atoms with Gasteiger partial charge in [0.1, 0.15) is 5.75 Å². The minimum Gasteiger partial charge on any atom is -0.496 e. The van der Waals surface area contributed by atoms with E-state index in [1.165, 1.54) is 5.56 Å². The molecule has 122 valence electrons. The summed E-state index contributed by atoms with van der Waals surface area (Å²) in [5.41, 5.74) is 1.17. The third kappa shape index (κ3) is 3.48. The fourth-order valence-electron chi connectivity index (χ4n) is 3.62. The summed E-state index contributed by atoms with van der Waals surface area (Å²) in [5, 5.41) is 11.6. The van der Waals surface area contributed by atoms with Crippen molar-refractivity contribution in [1.29, 1.82) is 0 Å². The molecule has 1 heterocycles. The molecule has 1 aliphatic heterocycles. The molecule has 0 aromatic heterocycles. The standard InChI is InChI=1S/C19H23NO3/c1-13-7-16(19(21)22)12-20(10-13)11-14-8-15-5-3-4-6-17(15)18(9-14)23-2/h3-6,8-9,13,16H,7,10-12H2,1-2H3,(H,21,22). The second-order valence-corrected chi connectivity index (χ2v) is 6.59. The van der Waals surface area contributed by atoms with Crippen LogP contribution in [0, 0.1) is 11.8 Å². The van der Waals surface area contributed by atoms with Crippen molar-refractivity contribution in [2.24, 2.45) is 11.8 Å². The average Bonchev–Trinajstić information content (AvgIpc) is 2.53. The number of methoxy groups -OCH3 is 1. The molecule has 0 bridgehead atoms. The van der Waals surface area contributed by atoms with Gasteiger partial charge in [-0.1, -0.05) is 31.2 Å². The molecular formula is C19H23NO3. The predicted octanol–water partition coefficient (Wildman–Crippen LogP) is 3.39. The molecular weight excluding hydrogens is 290 g/mol. The van der Waals surface area contributed by atoms with Crippen LogP contribution in [0.2, 0.25) is 0 Å². The molecule has 1 aliphatic rings. The molecule has 1 saturated heterocycles. The summed E-state index contributed by atoms with van der Waals surface area (Å²) in [6.07, 6.45) is 0.771. The third-order valence-corrected chi connectivity index (χ3v) is 4.59. The monoisotopic (exact) mass is 313 g/mol. The second-order valence-electron chi connectivity index (χ2n) is 6.59. The van der Waals surface area contributed by atoms with E-state index >= 15 is 0 Å². The van der Waals surface area contributed by atoms with E-state index in [9.17, 15) is 9.90 Å². The Hall–Kier alpha value is -2.07. The SMILES string of the molecule is COc1cc(CN2CC(C)CC(C(=O)O)C2)cc2ccccc12. The minimum atomic E-state index is -0.683. The van der Waals surface area contributed by atoms with Gasteiger partial charge in [0.05, 0.1) is 13.0 Å². The number of hydrogen-bond donors (Lipinski definition) is 1. The van der Waals surface area contributed by atoms with E-state index in [1.54, 1.807) is 7.11 Å². The highest BCUT2D eigenvalue weighted by atomic mass is 16.5. The summed E-state index contributed by atoms with van der Waals surface area (Å²) in [5.74, 6) is 0.337. The van der Waals surface area contributed by atoms with E-state index in [4.69, 9.17) is 4.74 Å². The lowest BCUT2D eigenvalue weighted by molar-refractivity contribution is -0.144. The van der Waals surface area contributed by atoms with E-state index in [2.05, 4.69) is 36.1 Å². The average molecular weight is 313 g/mol. The molecule has 0 aliphatic carbocycles. The molecule has 23 heavy (non-hydrogen) atoms. The molecule has 0 saturated carbocycles. The fraction of sp³-hybridized carbons (Fsp3) is 0.421. The van der Waals surface area contributed by atoms with Crippen LogP contribution in [0.3, 0.4) is 0 Å². The molecule has 2 atom stereocenters. The summed E-state index contributed by atoms with van der Waals surface area (Å²) in [4.78, 5) is 13.6. The Morgan fingerprint density at radius 2 is 2.09 bits per heavy atom. The van der Waals surface area contributed by atoms with Crippen molar-refractivity contribution in [2.75, 3.05) is 20.2 Å². The molecule has 0 amide bonds. The summed E-state index contributed by atoms with van der Waals surface area (Å²) in [6.45, 7) is 4.45. The number of carboxylic acid groups (broad SMARTS) is 1. The van der Waals surface area contributed by atoms with Gasteiger partial charge in [-0.2, -0.15) is 0 Å². The smallest absolute Gasteiger partial charge is 0.307 e. The normalized spacial score (nSPS) is 22.2. The number of carboxylic acids is 1. The van der Waals surface area contributed by atoms with Crippen LogP contribution >= 0.6 is 0 Å². The van der Waals surface area contributed by atoms with Crippen LogP contribution in [0.5, 0.6) is 5.75 Å². The number of hydrogen-bond acceptors (Lipinski definition) is 3. The Kier molecular flexibility index (Phi) is 4.53. The molecule has 4 nitrogen and oxygen atoms in total. The zero-order valence-corrected chi connectivity index (χ0v) is 13.7. The van der Waals surface area contributed by atoms with Crippen LogP contribution in [-0.4, -0.2) is 36.2 Å². The Balaban J connectivity index is 1.84. The second kappa shape index (κ2) is 6.59. The van der Waals surface area contributed by atoms with Crippen LogP contribution in [0.1, 0.15) is 18.9 Å². The Bertz CT molecular complexity index is 713. The van der Waals surface area contributed by atoms with Gasteiger partial charge in [-0.3, -0.25) is 9.69 Å². The number of fused-ring (bicyclic) bond motifs is 1. The highest BCUT2D eigenvalue weighted by Gasteiger charge is 2.29. The van der Waals surface area contributed by atoms with Crippen LogP contribution in [-0.2, 0) is 11.3 Å². The number of rotatable bonds is 4. The van der Waals surface area contributed by atoms with Gasteiger partial charge in [0.15, 0.2) is 0 Å². The molecule has 4 heteroatoms. The van der Waals surface area contributed by atoms with Gasteiger partial charge in [0.2, 0.25) is 0 Å². The molecule has 1 N–H and O–H groups in total. The zero-order valence-electron chi connectivity index (χ0n) is 13.7. The number of likely N-dealkylation sites (tertiary alicyclic amines) is 1. The van der Waals surface area contributed by atoms with Crippen molar-refractivity contribution in [3.05, 3.63) is 42.0 Å². The summed E-state index contributed by atoms with van der Waals surface area (Å²) in [7, 11) is 1.69. The molecule has 1 fully saturated rings. The lowest BCUT2D eigenvalue weighted by atomic mass is 9.90. The van der Waals surface area contributed by atoms with Crippen LogP contribution in [0.25, 0.3) is 10.8 Å². The van der Waals surface area contributed by atoms with Crippen molar-refractivity contribution >= 4 is 16.7 Å². The van der Waals surface area contributed by atoms with E-state index in [0.717, 1.165) is 36.0 Å². The lowest BCUT2D eigenvalue weighted by Gasteiger charge is -2.34. The molecule has 0 radical (unpaired) electrons.